The molecule has 2 aromatic rings. The Morgan fingerprint density at radius 3 is 2.25 bits per heavy atom. The summed E-state index contributed by atoms with van der Waals surface area (Å²) in [4.78, 5) is 12.4. The lowest BCUT2D eigenvalue weighted by Crippen LogP contribution is -2.33. The van der Waals surface area contributed by atoms with Crippen LogP contribution in [0.15, 0.2) is 59.5 Å². The van der Waals surface area contributed by atoms with E-state index >= 15 is 0 Å². The molecular formula is C21H27FN2O3S. The quantitative estimate of drug-likeness (QED) is 0.690. The highest BCUT2D eigenvalue weighted by Gasteiger charge is 2.21. The Hall–Kier alpha value is -2.25. The zero-order chi connectivity index (χ0) is 20.7. The SMILES string of the molecule is CC(C)C(NC(=O)CCCN(C)S(=O)(=O)c1ccc(F)cc1)c1ccccc1. The van der Waals surface area contributed by atoms with Crippen molar-refractivity contribution >= 4 is 15.9 Å². The van der Waals surface area contributed by atoms with Crippen molar-refractivity contribution in [2.75, 3.05) is 13.6 Å². The van der Waals surface area contributed by atoms with Gasteiger partial charge < -0.3 is 5.32 Å². The number of hydrogen-bond donors (Lipinski definition) is 1. The number of benzene rings is 2. The maximum absolute atomic E-state index is 13.0. The van der Waals surface area contributed by atoms with E-state index in [9.17, 15) is 17.6 Å². The third kappa shape index (κ3) is 5.87. The van der Waals surface area contributed by atoms with Crippen molar-refractivity contribution < 1.29 is 17.6 Å². The number of nitrogens with one attached hydrogen (secondary N) is 1. The second-order valence-electron chi connectivity index (χ2n) is 7.08. The Morgan fingerprint density at radius 2 is 1.68 bits per heavy atom. The highest BCUT2D eigenvalue weighted by atomic mass is 32.2. The molecule has 0 saturated heterocycles. The van der Waals surface area contributed by atoms with E-state index in [-0.39, 0.29) is 35.7 Å². The van der Waals surface area contributed by atoms with Crippen LogP contribution in [0.5, 0.6) is 0 Å². The lowest BCUT2D eigenvalue weighted by Gasteiger charge is -2.23. The van der Waals surface area contributed by atoms with Gasteiger partial charge in [-0.05, 0) is 42.2 Å². The molecule has 28 heavy (non-hydrogen) atoms. The molecule has 0 bridgehead atoms. The summed E-state index contributed by atoms with van der Waals surface area (Å²) in [5, 5.41) is 3.03. The molecule has 1 unspecified atom stereocenters. The molecule has 0 radical (unpaired) electrons. The standard InChI is InChI=1S/C21H27FN2O3S/c1-16(2)21(17-8-5-4-6-9-17)23-20(25)10-7-15-24(3)28(26,27)19-13-11-18(22)12-14-19/h4-6,8-9,11-14,16,21H,7,10,15H2,1-3H3,(H,23,25). The molecule has 0 aliphatic rings. The highest BCUT2D eigenvalue weighted by Crippen LogP contribution is 2.21. The van der Waals surface area contributed by atoms with Gasteiger partial charge in [0, 0.05) is 20.0 Å². The van der Waals surface area contributed by atoms with Crippen molar-refractivity contribution in [3.05, 3.63) is 66.0 Å². The Labute approximate surface area is 166 Å². The van der Waals surface area contributed by atoms with E-state index in [4.69, 9.17) is 0 Å². The van der Waals surface area contributed by atoms with Gasteiger partial charge in [0.05, 0.1) is 10.9 Å². The number of rotatable bonds is 9. The molecule has 0 fully saturated rings. The fraction of sp³-hybridized carbons (Fsp3) is 0.381. The summed E-state index contributed by atoms with van der Waals surface area (Å²) in [6.45, 7) is 4.28. The molecule has 1 N–H and O–H groups in total. The average Bonchev–Trinajstić information content (AvgIpc) is 2.66. The van der Waals surface area contributed by atoms with Gasteiger partial charge in [-0.25, -0.2) is 17.1 Å². The van der Waals surface area contributed by atoms with E-state index in [1.165, 1.54) is 23.5 Å². The maximum Gasteiger partial charge on any atom is 0.242 e. The highest BCUT2D eigenvalue weighted by molar-refractivity contribution is 7.89. The number of sulfonamides is 1. The summed E-state index contributed by atoms with van der Waals surface area (Å²) in [6.07, 6.45) is 0.613. The van der Waals surface area contributed by atoms with Crippen LogP contribution in [-0.4, -0.2) is 32.2 Å². The first-order valence-corrected chi connectivity index (χ1v) is 10.7. The predicted octanol–water partition coefficient (Wildman–Crippen LogP) is 3.74. The number of nitrogens with zero attached hydrogens (tertiary/aromatic N) is 1. The molecule has 0 aromatic heterocycles. The lowest BCUT2D eigenvalue weighted by atomic mass is 9.96. The minimum absolute atomic E-state index is 0.0322. The van der Waals surface area contributed by atoms with E-state index in [1.807, 2.05) is 44.2 Å². The molecule has 2 rings (SSSR count). The Morgan fingerprint density at radius 1 is 1.07 bits per heavy atom. The van der Waals surface area contributed by atoms with Crippen LogP contribution in [0, 0.1) is 11.7 Å². The third-order valence-electron chi connectivity index (χ3n) is 4.54. The van der Waals surface area contributed by atoms with Crippen molar-refractivity contribution in [3.8, 4) is 0 Å². The van der Waals surface area contributed by atoms with Crippen molar-refractivity contribution in [1.82, 2.24) is 9.62 Å². The van der Waals surface area contributed by atoms with E-state index in [0.29, 0.717) is 6.42 Å². The maximum atomic E-state index is 13.0. The molecule has 152 valence electrons. The first-order valence-electron chi connectivity index (χ1n) is 9.28. The molecular weight excluding hydrogens is 379 g/mol. The van der Waals surface area contributed by atoms with Crippen molar-refractivity contribution in [2.45, 2.75) is 37.6 Å². The normalized spacial score (nSPS) is 12.9. The molecule has 0 aliphatic carbocycles. The van der Waals surface area contributed by atoms with E-state index in [2.05, 4.69) is 5.32 Å². The molecule has 0 saturated carbocycles. The largest absolute Gasteiger partial charge is 0.349 e. The Bertz CT molecular complexity index is 868. The van der Waals surface area contributed by atoms with Crippen LogP contribution in [0.25, 0.3) is 0 Å². The molecule has 2 aromatic carbocycles. The van der Waals surface area contributed by atoms with Gasteiger partial charge in [-0.2, -0.15) is 0 Å². The molecule has 7 heteroatoms. The minimum Gasteiger partial charge on any atom is -0.349 e. The van der Waals surface area contributed by atoms with E-state index < -0.39 is 15.8 Å². The smallest absolute Gasteiger partial charge is 0.242 e. The fourth-order valence-electron chi connectivity index (χ4n) is 2.91. The Kier molecular flexibility index (Phi) is 7.71. The second kappa shape index (κ2) is 9.80. The molecule has 1 atom stereocenters. The predicted molar refractivity (Wildman–Crippen MR) is 108 cm³/mol. The summed E-state index contributed by atoms with van der Waals surface area (Å²) in [7, 11) is -2.24. The van der Waals surface area contributed by atoms with Crippen LogP contribution < -0.4 is 5.32 Å². The average molecular weight is 407 g/mol. The van der Waals surface area contributed by atoms with E-state index in [1.54, 1.807) is 0 Å². The third-order valence-corrected chi connectivity index (χ3v) is 6.41. The van der Waals surface area contributed by atoms with Crippen LogP contribution >= 0.6 is 0 Å². The van der Waals surface area contributed by atoms with Crippen molar-refractivity contribution in [2.24, 2.45) is 5.92 Å². The molecule has 5 nitrogen and oxygen atoms in total. The zero-order valence-corrected chi connectivity index (χ0v) is 17.2. The second-order valence-corrected chi connectivity index (χ2v) is 9.13. The topological polar surface area (TPSA) is 66.5 Å². The lowest BCUT2D eigenvalue weighted by molar-refractivity contribution is -0.122. The Balaban J connectivity index is 1.89. The number of hydrogen-bond acceptors (Lipinski definition) is 3. The first kappa shape index (κ1) is 22.0. The van der Waals surface area contributed by atoms with Gasteiger partial charge >= 0.3 is 0 Å². The summed E-state index contributed by atoms with van der Waals surface area (Å²) in [5.74, 6) is -0.376. The van der Waals surface area contributed by atoms with Gasteiger partial charge in [0.1, 0.15) is 5.82 Å². The number of carbonyl (C=O) groups excluding carboxylic acids is 1. The van der Waals surface area contributed by atoms with Crippen LogP contribution in [0.4, 0.5) is 4.39 Å². The summed E-state index contributed by atoms with van der Waals surface area (Å²) >= 11 is 0. The number of amides is 1. The van der Waals surface area contributed by atoms with Crippen molar-refractivity contribution in [3.63, 3.8) is 0 Å². The van der Waals surface area contributed by atoms with Gasteiger partial charge in [0.2, 0.25) is 15.9 Å². The summed E-state index contributed by atoms with van der Waals surface area (Å²) < 4.78 is 39.1. The van der Waals surface area contributed by atoms with Gasteiger partial charge in [-0.15, -0.1) is 0 Å². The monoisotopic (exact) mass is 406 g/mol. The van der Waals surface area contributed by atoms with Gasteiger partial charge in [-0.3, -0.25) is 4.79 Å². The van der Waals surface area contributed by atoms with Crippen LogP contribution in [0.2, 0.25) is 0 Å². The minimum atomic E-state index is -3.70. The molecule has 0 heterocycles. The number of carbonyl (C=O) groups is 1. The fourth-order valence-corrected chi connectivity index (χ4v) is 4.12. The zero-order valence-electron chi connectivity index (χ0n) is 16.4. The summed E-state index contributed by atoms with van der Waals surface area (Å²) in [6, 6.07) is 14.4. The van der Waals surface area contributed by atoms with Crippen molar-refractivity contribution in [1.29, 1.82) is 0 Å². The summed E-state index contributed by atoms with van der Waals surface area (Å²) in [5.41, 5.74) is 1.04. The molecule has 0 spiro atoms. The van der Waals surface area contributed by atoms with Crippen LogP contribution in [-0.2, 0) is 14.8 Å². The molecule has 0 aliphatic heterocycles. The van der Waals surface area contributed by atoms with Gasteiger partial charge in [-0.1, -0.05) is 44.2 Å². The first-order chi connectivity index (χ1) is 13.2. The van der Waals surface area contributed by atoms with E-state index in [0.717, 1.165) is 17.7 Å². The van der Waals surface area contributed by atoms with Gasteiger partial charge in [0.15, 0.2) is 0 Å². The number of halogens is 1. The molecule has 1 amide bonds. The van der Waals surface area contributed by atoms with Crippen LogP contribution in [0.3, 0.4) is 0 Å². The van der Waals surface area contributed by atoms with Gasteiger partial charge in [0.25, 0.3) is 0 Å². The van der Waals surface area contributed by atoms with Crippen LogP contribution in [0.1, 0.15) is 38.3 Å².